The van der Waals surface area contributed by atoms with Gasteiger partial charge in [-0.05, 0) is 38.5 Å². The number of amides is 1. The fourth-order valence-electron chi connectivity index (χ4n) is 2.58. The topological polar surface area (TPSA) is 41.1 Å². The monoisotopic (exact) mass is 224 g/mol. The molecule has 3 heteroatoms. The van der Waals surface area contributed by atoms with Crippen molar-refractivity contribution in [2.24, 2.45) is 5.92 Å². The zero-order valence-corrected chi connectivity index (χ0v) is 10.3. The highest BCUT2D eigenvalue weighted by Gasteiger charge is 2.23. The normalized spacial score (nSPS) is 24.1. The molecule has 0 unspecified atom stereocenters. The largest absolute Gasteiger partial charge is 0.352 e. The lowest BCUT2D eigenvalue weighted by atomic mass is 9.84. The predicted molar refractivity (Wildman–Crippen MR) is 65.2 cm³/mol. The summed E-state index contributed by atoms with van der Waals surface area (Å²) >= 11 is 0. The fraction of sp³-hybridized carbons (Fsp3) is 0.923. The summed E-state index contributed by atoms with van der Waals surface area (Å²) in [5, 5.41) is 6.38. The molecule has 0 aromatic carbocycles. The molecule has 2 fully saturated rings. The van der Waals surface area contributed by atoms with Crippen molar-refractivity contribution in [3.8, 4) is 0 Å². The number of carbonyl (C=O) groups is 1. The highest BCUT2D eigenvalue weighted by atomic mass is 16.1. The first-order chi connectivity index (χ1) is 7.75. The van der Waals surface area contributed by atoms with Crippen LogP contribution in [0.1, 0.15) is 51.9 Å². The van der Waals surface area contributed by atoms with Crippen LogP contribution in [0.2, 0.25) is 0 Å². The van der Waals surface area contributed by atoms with Gasteiger partial charge in [-0.15, -0.1) is 0 Å². The number of rotatable bonds is 5. The highest BCUT2D eigenvalue weighted by molar-refractivity contribution is 5.78. The molecule has 0 aromatic heterocycles. The molecule has 1 amide bonds. The van der Waals surface area contributed by atoms with Gasteiger partial charge in [0.25, 0.3) is 0 Å². The van der Waals surface area contributed by atoms with E-state index in [0.717, 1.165) is 0 Å². The van der Waals surface area contributed by atoms with Crippen LogP contribution in [0.15, 0.2) is 0 Å². The molecule has 0 spiro atoms. The summed E-state index contributed by atoms with van der Waals surface area (Å²) in [6.07, 6.45) is 9.11. The van der Waals surface area contributed by atoms with Gasteiger partial charge in [0.05, 0.1) is 6.54 Å². The maximum absolute atomic E-state index is 11.7. The minimum Gasteiger partial charge on any atom is -0.352 e. The Hall–Kier alpha value is -0.570. The van der Waals surface area contributed by atoms with E-state index in [1.165, 1.54) is 44.9 Å². The molecular formula is C13H24N2O. The van der Waals surface area contributed by atoms with Gasteiger partial charge < -0.3 is 10.6 Å². The van der Waals surface area contributed by atoms with Crippen LogP contribution in [-0.4, -0.2) is 24.5 Å². The van der Waals surface area contributed by atoms with Gasteiger partial charge in [-0.25, -0.2) is 0 Å². The summed E-state index contributed by atoms with van der Waals surface area (Å²) in [7, 11) is 0. The second kappa shape index (κ2) is 5.67. The van der Waals surface area contributed by atoms with E-state index in [1.807, 2.05) is 0 Å². The third-order valence-electron chi connectivity index (χ3n) is 3.87. The van der Waals surface area contributed by atoms with Crippen LogP contribution in [-0.2, 0) is 4.79 Å². The first kappa shape index (κ1) is 11.9. The smallest absolute Gasteiger partial charge is 0.234 e. The third-order valence-corrected chi connectivity index (χ3v) is 3.87. The van der Waals surface area contributed by atoms with Gasteiger partial charge in [-0.1, -0.05) is 19.3 Å². The van der Waals surface area contributed by atoms with Gasteiger partial charge in [0, 0.05) is 12.1 Å². The number of nitrogens with one attached hydrogen (secondary N) is 2. The van der Waals surface area contributed by atoms with E-state index in [9.17, 15) is 4.79 Å². The quantitative estimate of drug-likeness (QED) is 0.748. The average molecular weight is 224 g/mol. The highest BCUT2D eigenvalue weighted by Crippen LogP contribution is 2.26. The molecule has 2 saturated carbocycles. The summed E-state index contributed by atoms with van der Waals surface area (Å²) in [5.41, 5.74) is 0. The zero-order chi connectivity index (χ0) is 11.4. The first-order valence-corrected chi connectivity index (χ1v) is 6.78. The van der Waals surface area contributed by atoms with Crippen LogP contribution >= 0.6 is 0 Å². The fourth-order valence-corrected chi connectivity index (χ4v) is 2.58. The van der Waals surface area contributed by atoms with Gasteiger partial charge in [0.2, 0.25) is 5.91 Å². The van der Waals surface area contributed by atoms with E-state index in [0.29, 0.717) is 24.5 Å². The summed E-state index contributed by atoms with van der Waals surface area (Å²) in [5.74, 6) is 0.878. The average Bonchev–Trinajstić information content (AvgIpc) is 3.11. The lowest BCUT2D eigenvalue weighted by molar-refractivity contribution is -0.121. The first-order valence-electron chi connectivity index (χ1n) is 6.78. The summed E-state index contributed by atoms with van der Waals surface area (Å²) in [6, 6.07) is 0.976. The molecule has 92 valence electrons. The molecule has 16 heavy (non-hydrogen) atoms. The third kappa shape index (κ3) is 3.78. The van der Waals surface area contributed by atoms with Gasteiger partial charge in [-0.2, -0.15) is 0 Å². The van der Waals surface area contributed by atoms with E-state index in [2.05, 4.69) is 17.6 Å². The van der Waals surface area contributed by atoms with Gasteiger partial charge in [0.15, 0.2) is 0 Å². The minimum atomic E-state index is 0.171. The van der Waals surface area contributed by atoms with E-state index >= 15 is 0 Å². The van der Waals surface area contributed by atoms with Crippen LogP contribution < -0.4 is 10.6 Å². The SMILES string of the molecule is C[C@H](NC(=O)CNC1CC1)C1CCCCC1. The van der Waals surface area contributed by atoms with Crippen molar-refractivity contribution in [2.45, 2.75) is 64.0 Å². The molecule has 1 atom stereocenters. The Morgan fingerprint density at radius 2 is 1.88 bits per heavy atom. The van der Waals surface area contributed by atoms with Crippen LogP contribution in [0.3, 0.4) is 0 Å². The Bertz CT molecular complexity index is 232. The van der Waals surface area contributed by atoms with Gasteiger partial charge >= 0.3 is 0 Å². The van der Waals surface area contributed by atoms with Gasteiger partial charge in [0.1, 0.15) is 0 Å². The van der Waals surface area contributed by atoms with Crippen LogP contribution in [0, 0.1) is 5.92 Å². The maximum atomic E-state index is 11.7. The Labute approximate surface area is 98.4 Å². The van der Waals surface area contributed by atoms with Crippen LogP contribution in [0.5, 0.6) is 0 Å². The van der Waals surface area contributed by atoms with Crippen molar-refractivity contribution < 1.29 is 4.79 Å². The van der Waals surface area contributed by atoms with E-state index in [4.69, 9.17) is 0 Å². The Kier molecular flexibility index (Phi) is 4.22. The Balaban J connectivity index is 1.63. The molecule has 2 N–H and O–H groups in total. The van der Waals surface area contributed by atoms with Crippen LogP contribution in [0.4, 0.5) is 0 Å². The molecule has 0 bridgehead atoms. The zero-order valence-electron chi connectivity index (χ0n) is 10.3. The van der Waals surface area contributed by atoms with Crippen molar-refractivity contribution in [3.63, 3.8) is 0 Å². The van der Waals surface area contributed by atoms with Crippen LogP contribution in [0.25, 0.3) is 0 Å². The molecule has 0 saturated heterocycles. The van der Waals surface area contributed by atoms with Crippen molar-refractivity contribution >= 4 is 5.91 Å². The van der Waals surface area contributed by atoms with Gasteiger partial charge in [-0.3, -0.25) is 4.79 Å². The molecular weight excluding hydrogens is 200 g/mol. The molecule has 3 nitrogen and oxygen atoms in total. The molecule has 2 aliphatic carbocycles. The summed E-state index contributed by atoms with van der Waals surface area (Å²) in [4.78, 5) is 11.7. The molecule has 0 aliphatic heterocycles. The number of hydrogen-bond donors (Lipinski definition) is 2. The molecule has 0 heterocycles. The Morgan fingerprint density at radius 3 is 2.50 bits per heavy atom. The minimum absolute atomic E-state index is 0.171. The molecule has 0 aromatic rings. The van der Waals surface area contributed by atoms with E-state index < -0.39 is 0 Å². The lowest BCUT2D eigenvalue weighted by Crippen LogP contribution is -2.43. The molecule has 2 aliphatic rings. The Morgan fingerprint density at radius 1 is 1.19 bits per heavy atom. The lowest BCUT2D eigenvalue weighted by Gasteiger charge is -2.28. The number of carbonyl (C=O) groups excluding carboxylic acids is 1. The summed E-state index contributed by atoms with van der Waals surface area (Å²) < 4.78 is 0. The van der Waals surface area contributed by atoms with Crippen molar-refractivity contribution in [3.05, 3.63) is 0 Å². The number of hydrogen-bond acceptors (Lipinski definition) is 2. The summed E-state index contributed by atoms with van der Waals surface area (Å²) in [6.45, 7) is 2.66. The standard InChI is InChI=1S/C13H24N2O/c1-10(11-5-3-2-4-6-11)15-13(16)9-14-12-7-8-12/h10-12,14H,2-9H2,1H3,(H,15,16)/t10-/m0/s1. The van der Waals surface area contributed by atoms with E-state index in [-0.39, 0.29) is 5.91 Å². The molecule has 2 rings (SSSR count). The van der Waals surface area contributed by atoms with Crippen molar-refractivity contribution in [1.82, 2.24) is 10.6 Å². The molecule has 0 radical (unpaired) electrons. The second-order valence-corrected chi connectivity index (χ2v) is 5.41. The van der Waals surface area contributed by atoms with E-state index in [1.54, 1.807) is 0 Å². The second-order valence-electron chi connectivity index (χ2n) is 5.41. The van der Waals surface area contributed by atoms with Crippen molar-refractivity contribution in [1.29, 1.82) is 0 Å². The predicted octanol–water partition coefficient (Wildman–Crippen LogP) is 1.82. The maximum Gasteiger partial charge on any atom is 0.234 e. The van der Waals surface area contributed by atoms with Crippen molar-refractivity contribution in [2.75, 3.05) is 6.54 Å².